The van der Waals surface area contributed by atoms with Crippen molar-refractivity contribution in [1.82, 2.24) is 10.2 Å². The van der Waals surface area contributed by atoms with Crippen molar-refractivity contribution in [3.8, 4) is 0 Å². The highest BCUT2D eigenvalue weighted by atomic mass is 16.4. The first kappa shape index (κ1) is 14.3. The summed E-state index contributed by atoms with van der Waals surface area (Å²) in [5, 5.41) is 15.0. The summed E-state index contributed by atoms with van der Waals surface area (Å²) < 4.78 is 0. The molecular weight excluding hydrogens is 258 g/mol. The minimum Gasteiger partial charge on any atom is -0.478 e. The molecule has 0 aliphatic carbocycles. The summed E-state index contributed by atoms with van der Waals surface area (Å²) in [6, 6.07) is 4.54. The molecule has 6 nitrogen and oxygen atoms in total. The van der Waals surface area contributed by atoms with E-state index in [4.69, 9.17) is 5.11 Å². The van der Waals surface area contributed by atoms with Gasteiger partial charge in [-0.2, -0.15) is 0 Å². The van der Waals surface area contributed by atoms with Gasteiger partial charge in [0.1, 0.15) is 0 Å². The van der Waals surface area contributed by atoms with Crippen molar-refractivity contribution in [3.63, 3.8) is 0 Å². The van der Waals surface area contributed by atoms with Crippen molar-refractivity contribution in [2.24, 2.45) is 0 Å². The Morgan fingerprint density at radius 2 is 2.10 bits per heavy atom. The summed E-state index contributed by atoms with van der Waals surface area (Å²) in [5.41, 5.74) is 1.56. The number of anilines is 1. The zero-order chi connectivity index (χ0) is 14.5. The lowest BCUT2D eigenvalue weighted by molar-refractivity contribution is 0.0697. The van der Waals surface area contributed by atoms with E-state index in [-0.39, 0.29) is 11.6 Å². The van der Waals surface area contributed by atoms with Gasteiger partial charge in [-0.3, -0.25) is 0 Å². The average molecular weight is 277 g/mol. The van der Waals surface area contributed by atoms with E-state index < -0.39 is 5.97 Å². The maximum Gasteiger partial charge on any atom is 0.335 e. The number of urea groups is 1. The largest absolute Gasteiger partial charge is 0.478 e. The quantitative estimate of drug-likeness (QED) is 0.765. The SMILES string of the molecule is Cc1ccc(C(=O)O)cc1NC(=O)N1CCCNCC1. The number of hydrogen-bond acceptors (Lipinski definition) is 3. The Morgan fingerprint density at radius 3 is 2.85 bits per heavy atom. The summed E-state index contributed by atoms with van der Waals surface area (Å²) in [5.74, 6) is -1.00. The summed E-state index contributed by atoms with van der Waals surface area (Å²) in [4.78, 5) is 24.9. The molecule has 1 heterocycles. The summed E-state index contributed by atoms with van der Waals surface area (Å²) >= 11 is 0. The van der Waals surface area contributed by atoms with Crippen LogP contribution < -0.4 is 10.6 Å². The molecule has 108 valence electrons. The number of carbonyl (C=O) groups excluding carboxylic acids is 1. The predicted molar refractivity (Wildman–Crippen MR) is 76.2 cm³/mol. The fourth-order valence-electron chi connectivity index (χ4n) is 2.13. The third-order valence-corrected chi connectivity index (χ3v) is 3.35. The van der Waals surface area contributed by atoms with Crippen molar-refractivity contribution < 1.29 is 14.7 Å². The Morgan fingerprint density at radius 1 is 1.30 bits per heavy atom. The van der Waals surface area contributed by atoms with Gasteiger partial charge in [0.2, 0.25) is 0 Å². The van der Waals surface area contributed by atoms with Crippen molar-refractivity contribution >= 4 is 17.7 Å². The molecule has 1 aliphatic heterocycles. The van der Waals surface area contributed by atoms with E-state index in [2.05, 4.69) is 10.6 Å². The third-order valence-electron chi connectivity index (χ3n) is 3.35. The van der Waals surface area contributed by atoms with Gasteiger partial charge in [0.25, 0.3) is 0 Å². The molecule has 0 saturated carbocycles. The number of aromatic carboxylic acids is 1. The molecule has 0 atom stereocenters. The number of carboxylic acid groups (broad SMARTS) is 1. The van der Waals surface area contributed by atoms with Gasteiger partial charge in [-0.05, 0) is 37.6 Å². The molecule has 0 aromatic heterocycles. The lowest BCUT2D eigenvalue weighted by Gasteiger charge is -2.21. The van der Waals surface area contributed by atoms with E-state index in [0.717, 1.165) is 25.1 Å². The molecule has 2 amide bonds. The van der Waals surface area contributed by atoms with Crippen LogP contribution in [0.4, 0.5) is 10.5 Å². The van der Waals surface area contributed by atoms with Crippen LogP contribution in [0.25, 0.3) is 0 Å². The van der Waals surface area contributed by atoms with Crippen LogP contribution in [-0.2, 0) is 0 Å². The molecular formula is C14H19N3O3. The van der Waals surface area contributed by atoms with Gasteiger partial charge < -0.3 is 20.6 Å². The van der Waals surface area contributed by atoms with Gasteiger partial charge >= 0.3 is 12.0 Å². The van der Waals surface area contributed by atoms with Gasteiger partial charge in [-0.25, -0.2) is 9.59 Å². The molecule has 20 heavy (non-hydrogen) atoms. The number of benzene rings is 1. The summed E-state index contributed by atoms with van der Waals surface area (Å²) in [7, 11) is 0. The first-order chi connectivity index (χ1) is 9.58. The van der Waals surface area contributed by atoms with Crippen molar-refractivity contribution in [2.45, 2.75) is 13.3 Å². The lowest BCUT2D eigenvalue weighted by atomic mass is 10.1. The normalized spacial score (nSPS) is 15.6. The highest BCUT2D eigenvalue weighted by Gasteiger charge is 2.16. The van der Waals surface area contributed by atoms with Gasteiger partial charge in [0.05, 0.1) is 5.56 Å². The fourth-order valence-corrected chi connectivity index (χ4v) is 2.13. The lowest BCUT2D eigenvalue weighted by Crippen LogP contribution is -2.37. The van der Waals surface area contributed by atoms with Crippen LogP contribution in [0.2, 0.25) is 0 Å². The Bertz CT molecular complexity index is 508. The highest BCUT2D eigenvalue weighted by Crippen LogP contribution is 2.17. The fraction of sp³-hybridized carbons (Fsp3) is 0.429. The predicted octanol–water partition coefficient (Wildman–Crippen LogP) is 1.52. The minimum atomic E-state index is -1.00. The molecule has 6 heteroatoms. The number of hydrogen-bond donors (Lipinski definition) is 3. The zero-order valence-electron chi connectivity index (χ0n) is 11.5. The molecule has 2 rings (SSSR count). The molecule has 1 aromatic carbocycles. The third kappa shape index (κ3) is 3.48. The second-order valence-corrected chi connectivity index (χ2v) is 4.86. The second-order valence-electron chi connectivity index (χ2n) is 4.86. The molecule has 0 spiro atoms. The molecule has 1 aromatic rings. The van der Waals surface area contributed by atoms with E-state index in [1.165, 1.54) is 12.1 Å². The summed E-state index contributed by atoms with van der Waals surface area (Å²) in [6.07, 6.45) is 0.918. The Balaban J connectivity index is 2.10. The number of aryl methyl sites for hydroxylation is 1. The molecule has 0 unspecified atom stereocenters. The van der Waals surface area contributed by atoms with Gasteiger partial charge in [0.15, 0.2) is 0 Å². The summed E-state index contributed by atoms with van der Waals surface area (Å²) in [6.45, 7) is 4.89. The van der Waals surface area contributed by atoms with Crippen LogP contribution in [0.3, 0.4) is 0 Å². The van der Waals surface area contributed by atoms with Crippen LogP contribution in [-0.4, -0.2) is 48.2 Å². The molecule has 1 fully saturated rings. The zero-order valence-corrected chi connectivity index (χ0v) is 11.5. The standard InChI is InChI=1S/C14H19N3O3/c1-10-3-4-11(13(18)19)9-12(10)16-14(20)17-7-2-5-15-6-8-17/h3-4,9,15H,2,5-8H2,1H3,(H,16,20)(H,18,19). The Labute approximate surface area is 117 Å². The van der Waals surface area contributed by atoms with E-state index >= 15 is 0 Å². The maximum atomic E-state index is 12.2. The number of nitrogens with zero attached hydrogens (tertiary/aromatic N) is 1. The molecule has 3 N–H and O–H groups in total. The number of amides is 2. The van der Waals surface area contributed by atoms with E-state index in [1.807, 2.05) is 6.92 Å². The van der Waals surface area contributed by atoms with Gasteiger partial charge in [0, 0.05) is 25.3 Å². The van der Waals surface area contributed by atoms with E-state index in [1.54, 1.807) is 11.0 Å². The molecule has 1 aliphatic rings. The van der Waals surface area contributed by atoms with Gasteiger partial charge in [-0.15, -0.1) is 0 Å². The van der Waals surface area contributed by atoms with Crippen LogP contribution in [0.15, 0.2) is 18.2 Å². The number of carboxylic acids is 1. The van der Waals surface area contributed by atoms with Crippen molar-refractivity contribution in [2.75, 3.05) is 31.5 Å². The molecule has 0 radical (unpaired) electrons. The highest BCUT2D eigenvalue weighted by molar-refractivity contribution is 5.94. The first-order valence-corrected chi connectivity index (χ1v) is 6.68. The van der Waals surface area contributed by atoms with Crippen LogP contribution in [0, 0.1) is 6.92 Å². The average Bonchev–Trinajstić information content (AvgIpc) is 2.70. The maximum absolute atomic E-state index is 12.2. The van der Waals surface area contributed by atoms with E-state index in [0.29, 0.717) is 18.8 Å². The van der Waals surface area contributed by atoms with Gasteiger partial charge in [-0.1, -0.05) is 6.07 Å². The first-order valence-electron chi connectivity index (χ1n) is 6.68. The molecule has 1 saturated heterocycles. The number of carbonyl (C=O) groups is 2. The monoisotopic (exact) mass is 277 g/mol. The Kier molecular flexibility index (Phi) is 4.57. The second kappa shape index (κ2) is 6.38. The number of rotatable bonds is 2. The number of nitrogens with one attached hydrogen (secondary N) is 2. The van der Waals surface area contributed by atoms with Crippen molar-refractivity contribution in [3.05, 3.63) is 29.3 Å². The van der Waals surface area contributed by atoms with Crippen LogP contribution in [0.1, 0.15) is 22.3 Å². The smallest absolute Gasteiger partial charge is 0.335 e. The Hall–Kier alpha value is -2.08. The minimum absolute atomic E-state index is 0.170. The van der Waals surface area contributed by atoms with E-state index in [9.17, 15) is 9.59 Å². The molecule has 0 bridgehead atoms. The van der Waals surface area contributed by atoms with Crippen LogP contribution >= 0.6 is 0 Å². The van der Waals surface area contributed by atoms with Crippen LogP contribution in [0.5, 0.6) is 0 Å². The topological polar surface area (TPSA) is 81.7 Å². The van der Waals surface area contributed by atoms with Crippen molar-refractivity contribution in [1.29, 1.82) is 0 Å².